The first-order chi connectivity index (χ1) is 8.61. The second-order valence-corrected chi connectivity index (χ2v) is 7.84. The summed E-state index contributed by atoms with van der Waals surface area (Å²) in [6, 6.07) is 14.9. The predicted molar refractivity (Wildman–Crippen MR) is 79.8 cm³/mol. The molecule has 0 atom stereocenters. The minimum Gasteiger partial charge on any atom is -0.289 e. The molecule has 3 heteroatoms. The highest BCUT2D eigenvalue weighted by atomic mass is 35.5. The normalized spacial score (nSPS) is 10.7. The average Bonchev–Trinajstić information content (AvgIpc) is 2.38. The summed E-state index contributed by atoms with van der Waals surface area (Å²) in [4.78, 5) is 12.5. The fourth-order valence-electron chi connectivity index (χ4n) is 2.07. The van der Waals surface area contributed by atoms with Crippen LogP contribution in [0, 0.1) is 0 Å². The van der Waals surface area contributed by atoms with Crippen molar-refractivity contribution in [3.63, 3.8) is 0 Å². The summed E-state index contributed by atoms with van der Waals surface area (Å²) >= 11 is 6.24. The molecule has 2 rings (SSSR count). The third kappa shape index (κ3) is 2.55. The Morgan fingerprint density at radius 2 is 1.67 bits per heavy atom. The van der Waals surface area contributed by atoms with Gasteiger partial charge in [-0.3, -0.25) is 4.79 Å². The summed E-state index contributed by atoms with van der Waals surface area (Å²) in [5.41, 5.74) is 1.48. The SMILES string of the molecule is C[SiH](C)c1c(Cl)cccc1C(=O)c1ccccc1. The minimum atomic E-state index is -1.14. The first kappa shape index (κ1) is 13.1. The Morgan fingerprint density at radius 3 is 2.28 bits per heavy atom. The van der Waals surface area contributed by atoms with Crippen LogP contribution in [-0.4, -0.2) is 14.6 Å². The van der Waals surface area contributed by atoms with Gasteiger partial charge in [-0.25, -0.2) is 0 Å². The van der Waals surface area contributed by atoms with Gasteiger partial charge in [-0.1, -0.05) is 67.2 Å². The van der Waals surface area contributed by atoms with Crippen LogP contribution in [0.5, 0.6) is 0 Å². The van der Waals surface area contributed by atoms with Gasteiger partial charge < -0.3 is 0 Å². The van der Waals surface area contributed by atoms with Crippen molar-refractivity contribution >= 4 is 31.4 Å². The number of benzene rings is 2. The molecule has 0 heterocycles. The summed E-state index contributed by atoms with van der Waals surface area (Å²) < 4.78 is 0. The molecule has 0 fully saturated rings. The molecule has 0 aliphatic heterocycles. The summed E-state index contributed by atoms with van der Waals surface area (Å²) in [6.07, 6.45) is 0. The highest BCUT2D eigenvalue weighted by Crippen LogP contribution is 2.14. The quantitative estimate of drug-likeness (QED) is 0.620. The molecule has 0 spiro atoms. The molecule has 2 aromatic rings. The standard InChI is InChI=1S/C15H15ClOSi/c1-18(2)15-12(9-6-10-13(15)16)14(17)11-7-4-3-5-8-11/h3-10,18H,1-2H3. The molecule has 18 heavy (non-hydrogen) atoms. The molecule has 1 nitrogen and oxygen atoms in total. The maximum atomic E-state index is 12.5. The van der Waals surface area contributed by atoms with Crippen molar-refractivity contribution in [1.29, 1.82) is 0 Å². The van der Waals surface area contributed by atoms with Crippen LogP contribution in [0.15, 0.2) is 48.5 Å². The Kier molecular flexibility index (Phi) is 3.99. The van der Waals surface area contributed by atoms with Crippen LogP contribution in [0.25, 0.3) is 0 Å². The number of carbonyl (C=O) groups excluding carboxylic acids is 1. The smallest absolute Gasteiger partial charge is 0.192 e. The molecule has 0 unspecified atom stereocenters. The van der Waals surface area contributed by atoms with E-state index in [2.05, 4.69) is 13.1 Å². The van der Waals surface area contributed by atoms with E-state index in [1.165, 1.54) is 0 Å². The largest absolute Gasteiger partial charge is 0.289 e. The maximum absolute atomic E-state index is 12.5. The summed E-state index contributed by atoms with van der Waals surface area (Å²) in [5, 5.41) is 1.78. The Hall–Kier alpha value is -1.38. The second-order valence-electron chi connectivity index (χ2n) is 4.55. The van der Waals surface area contributed by atoms with Gasteiger partial charge in [-0.05, 0) is 11.3 Å². The van der Waals surface area contributed by atoms with E-state index in [0.717, 1.165) is 21.3 Å². The fourth-order valence-corrected chi connectivity index (χ4v) is 4.39. The molecule has 0 amide bonds. The number of hydrogen-bond acceptors (Lipinski definition) is 1. The molecule has 0 N–H and O–H groups in total. The molecule has 0 bridgehead atoms. The molecule has 0 aromatic heterocycles. The minimum absolute atomic E-state index is 0.0642. The van der Waals surface area contributed by atoms with Crippen LogP contribution in [0.4, 0.5) is 0 Å². The van der Waals surface area contributed by atoms with E-state index in [9.17, 15) is 4.79 Å². The van der Waals surface area contributed by atoms with Crippen molar-refractivity contribution < 1.29 is 4.79 Å². The van der Waals surface area contributed by atoms with Gasteiger partial charge in [-0.2, -0.15) is 0 Å². The first-order valence-electron chi connectivity index (χ1n) is 5.99. The van der Waals surface area contributed by atoms with Crippen LogP contribution >= 0.6 is 11.6 Å². The molecule has 0 saturated heterocycles. The number of hydrogen-bond donors (Lipinski definition) is 0. The van der Waals surface area contributed by atoms with Gasteiger partial charge in [0.25, 0.3) is 0 Å². The van der Waals surface area contributed by atoms with Crippen LogP contribution in [0.2, 0.25) is 18.1 Å². The Morgan fingerprint density at radius 1 is 1.00 bits per heavy atom. The van der Waals surface area contributed by atoms with Gasteiger partial charge in [0.2, 0.25) is 0 Å². The van der Waals surface area contributed by atoms with E-state index in [1.54, 1.807) is 0 Å². The van der Waals surface area contributed by atoms with Crippen molar-refractivity contribution in [2.24, 2.45) is 0 Å². The highest BCUT2D eigenvalue weighted by Gasteiger charge is 2.18. The first-order valence-corrected chi connectivity index (χ1v) is 9.26. The van der Waals surface area contributed by atoms with Gasteiger partial charge in [0.1, 0.15) is 0 Å². The number of halogens is 1. The van der Waals surface area contributed by atoms with Gasteiger partial charge in [0.15, 0.2) is 5.78 Å². The zero-order chi connectivity index (χ0) is 13.1. The van der Waals surface area contributed by atoms with E-state index in [-0.39, 0.29) is 5.78 Å². The zero-order valence-corrected chi connectivity index (χ0v) is 12.4. The lowest BCUT2D eigenvalue weighted by Gasteiger charge is -2.13. The topological polar surface area (TPSA) is 17.1 Å². The van der Waals surface area contributed by atoms with Crippen LogP contribution < -0.4 is 5.19 Å². The molecule has 0 saturated carbocycles. The van der Waals surface area contributed by atoms with E-state index < -0.39 is 8.80 Å². The Bertz CT molecular complexity index is 564. The molecule has 0 aliphatic carbocycles. The average molecular weight is 275 g/mol. The predicted octanol–water partition coefficient (Wildman–Crippen LogP) is 3.26. The van der Waals surface area contributed by atoms with Crippen molar-refractivity contribution in [3.8, 4) is 0 Å². The summed E-state index contributed by atoms with van der Waals surface area (Å²) in [7, 11) is -1.14. The highest BCUT2D eigenvalue weighted by molar-refractivity contribution is 6.74. The van der Waals surface area contributed by atoms with E-state index >= 15 is 0 Å². The molecule has 0 aliphatic rings. The third-order valence-corrected chi connectivity index (χ3v) is 5.20. The van der Waals surface area contributed by atoms with Crippen LogP contribution in [0.1, 0.15) is 15.9 Å². The van der Waals surface area contributed by atoms with Gasteiger partial charge in [0, 0.05) is 16.1 Å². The van der Waals surface area contributed by atoms with E-state index in [0.29, 0.717) is 0 Å². The van der Waals surface area contributed by atoms with Crippen molar-refractivity contribution in [2.45, 2.75) is 13.1 Å². The monoisotopic (exact) mass is 274 g/mol. The van der Waals surface area contributed by atoms with Gasteiger partial charge in [-0.15, -0.1) is 0 Å². The molecule has 2 aromatic carbocycles. The molecule has 0 radical (unpaired) electrons. The molecular formula is C15H15ClOSi. The maximum Gasteiger partial charge on any atom is 0.192 e. The Balaban J connectivity index is 2.52. The second kappa shape index (κ2) is 5.51. The molecule has 92 valence electrons. The summed E-state index contributed by atoms with van der Waals surface area (Å²) in [5.74, 6) is 0.0642. The van der Waals surface area contributed by atoms with Crippen molar-refractivity contribution in [1.82, 2.24) is 0 Å². The van der Waals surface area contributed by atoms with Crippen LogP contribution in [0.3, 0.4) is 0 Å². The van der Waals surface area contributed by atoms with E-state index in [4.69, 9.17) is 11.6 Å². The fraction of sp³-hybridized carbons (Fsp3) is 0.133. The number of carbonyl (C=O) groups is 1. The van der Waals surface area contributed by atoms with Crippen molar-refractivity contribution in [3.05, 3.63) is 64.7 Å². The zero-order valence-electron chi connectivity index (χ0n) is 10.5. The van der Waals surface area contributed by atoms with Gasteiger partial charge in [0.05, 0.1) is 8.80 Å². The lowest BCUT2D eigenvalue weighted by Crippen LogP contribution is -2.30. The third-order valence-electron chi connectivity index (χ3n) is 2.91. The van der Waals surface area contributed by atoms with E-state index in [1.807, 2.05) is 48.5 Å². The Labute approximate surface area is 114 Å². The summed E-state index contributed by atoms with van der Waals surface area (Å²) in [6.45, 7) is 4.37. The lowest BCUT2D eigenvalue weighted by molar-refractivity contribution is 0.103. The molecular weight excluding hydrogens is 260 g/mol. The number of ketones is 1. The lowest BCUT2D eigenvalue weighted by atomic mass is 10.0. The van der Waals surface area contributed by atoms with Crippen molar-refractivity contribution in [2.75, 3.05) is 0 Å². The number of rotatable bonds is 3. The van der Waals surface area contributed by atoms with Crippen LogP contribution in [-0.2, 0) is 0 Å². The van der Waals surface area contributed by atoms with Gasteiger partial charge >= 0.3 is 0 Å².